The van der Waals surface area contributed by atoms with E-state index in [1.165, 1.54) is 19.2 Å². The highest BCUT2D eigenvalue weighted by Gasteiger charge is 2.22. The van der Waals surface area contributed by atoms with Gasteiger partial charge < -0.3 is 0 Å². The van der Waals surface area contributed by atoms with Gasteiger partial charge in [0, 0.05) is 19.2 Å². The molecule has 1 aromatic heterocycles. The first-order valence-corrected chi connectivity index (χ1v) is 7.37. The zero-order valence-corrected chi connectivity index (χ0v) is 12.0. The zero-order valence-electron chi connectivity index (χ0n) is 11.2. The molecular formula is C12H14FN5O2S. The summed E-state index contributed by atoms with van der Waals surface area (Å²) < 4.78 is 39.2. The standard InChI is InChI=1S/C12H14FN5O2S/c1-18(8-9-4-2-3-5-11(9)13)21(19,20)10-6-15-12(17-14)16-7-10/h2-7H,8,14H2,1H3,(H,15,16,17). The van der Waals surface area contributed by atoms with Crippen LogP contribution in [0.1, 0.15) is 5.56 Å². The molecule has 21 heavy (non-hydrogen) atoms. The van der Waals surface area contributed by atoms with E-state index in [-0.39, 0.29) is 23.0 Å². The summed E-state index contributed by atoms with van der Waals surface area (Å²) in [4.78, 5) is 7.39. The smallest absolute Gasteiger partial charge is 0.246 e. The maximum absolute atomic E-state index is 13.6. The Morgan fingerprint density at radius 3 is 2.48 bits per heavy atom. The molecule has 0 atom stereocenters. The second-order valence-electron chi connectivity index (χ2n) is 4.24. The Kier molecular flexibility index (Phi) is 4.46. The van der Waals surface area contributed by atoms with Crippen molar-refractivity contribution in [3.8, 4) is 0 Å². The highest BCUT2D eigenvalue weighted by molar-refractivity contribution is 7.89. The van der Waals surface area contributed by atoms with E-state index in [2.05, 4.69) is 15.4 Å². The van der Waals surface area contributed by atoms with Crippen molar-refractivity contribution in [2.24, 2.45) is 5.84 Å². The number of nitrogens with two attached hydrogens (primary N) is 1. The predicted molar refractivity (Wildman–Crippen MR) is 74.9 cm³/mol. The molecule has 0 saturated carbocycles. The lowest BCUT2D eigenvalue weighted by molar-refractivity contribution is 0.456. The van der Waals surface area contributed by atoms with Crippen molar-refractivity contribution in [3.63, 3.8) is 0 Å². The van der Waals surface area contributed by atoms with E-state index in [1.54, 1.807) is 12.1 Å². The molecule has 2 rings (SSSR count). The lowest BCUT2D eigenvalue weighted by atomic mass is 10.2. The number of rotatable bonds is 5. The molecule has 9 heteroatoms. The van der Waals surface area contributed by atoms with Gasteiger partial charge in [0.2, 0.25) is 16.0 Å². The fourth-order valence-electron chi connectivity index (χ4n) is 1.66. The van der Waals surface area contributed by atoms with Gasteiger partial charge in [0.15, 0.2) is 0 Å². The van der Waals surface area contributed by atoms with Crippen molar-refractivity contribution in [3.05, 3.63) is 48.0 Å². The van der Waals surface area contributed by atoms with Gasteiger partial charge in [-0.3, -0.25) is 5.43 Å². The molecule has 0 fully saturated rings. The summed E-state index contributed by atoms with van der Waals surface area (Å²) in [6.07, 6.45) is 2.27. The molecule has 0 aliphatic carbocycles. The molecule has 1 heterocycles. The van der Waals surface area contributed by atoms with Crippen molar-refractivity contribution in [1.82, 2.24) is 14.3 Å². The van der Waals surface area contributed by atoms with Crippen LogP contribution in [0.4, 0.5) is 10.3 Å². The van der Waals surface area contributed by atoms with Gasteiger partial charge >= 0.3 is 0 Å². The van der Waals surface area contributed by atoms with Crippen LogP contribution in [0.5, 0.6) is 0 Å². The van der Waals surface area contributed by atoms with Crippen molar-refractivity contribution in [2.75, 3.05) is 12.5 Å². The monoisotopic (exact) mass is 311 g/mol. The third-order valence-electron chi connectivity index (χ3n) is 2.82. The first-order chi connectivity index (χ1) is 9.95. The third kappa shape index (κ3) is 3.32. The van der Waals surface area contributed by atoms with Crippen molar-refractivity contribution in [2.45, 2.75) is 11.4 Å². The van der Waals surface area contributed by atoms with E-state index in [9.17, 15) is 12.8 Å². The maximum atomic E-state index is 13.6. The highest BCUT2D eigenvalue weighted by atomic mass is 32.2. The lowest BCUT2D eigenvalue weighted by Gasteiger charge is -2.17. The third-order valence-corrected chi connectivity index (χ3v) is 4.57. The predicted octanol–water partition coefficient (Wildman–Crippen LogP) is 0.722. The van der Waals surface area contributed by atoms with Crippen LogP contribution in [0.15, 0.2) is 41.6 Å². The fourth-order valence-corrected chi connectivity index (χ4v) is 2.70. The zero-order chi connectivity index (χ0) is 15.5. The number of halogens is 1. The minimum absolute atomic E-state index is 0.0914. The topological polar surface area (TPSA) is 101 Å². The number of hydrazine groups is 1. The summed E-state index contributed by atoms with van der Waals surface area (Å²) in [6.45, 7) is -0.0914. The van der Waals surface area contributed by atoms with Gasteiger partial charge in [0.1, 0.15) is 10.7 Å². The van der Waals surface area contributed by atoms with Gasteiger partial charge in [-0.25, -0.2) is 28.6 Å². The SMILES string of the molecule is CN(Cc1ccccc1F)S(=O)(=O)c1cnc(NN)nc1. The van der Waals surface area contributed by atoms with Crippen LogP contribution >= 0.6 is 0 Å². The first kappa shape index (κ1) is 15.3. The Labute approximate surface area is 121 Å². The summed E-state index contributed by atoms with van der Waals surface area (Å²) in [5.74, 6) is 4.75. The van der Waals surface area contributed by atoms with Gasteiger partial charge in [-0.1, -0.05) is 18.2 Å². The van der Waals surface area contributed by atoms with Crippen molar-refractivity contribution < 1.29 is 12.8 Å². The number of anilines is 1. The molecule has 2 aromatic rings. The van der Waals surface area contributed by atoms with Crippen LogP contribution in [-0.2, 0) is 16.6 Å². The average molecular weight is 311 g/mol. The molecule has 7 nitrogen and oxygen atoms in total. The van der Waals surface area contributed by atoms with E-state index >= 15 is 0 Å². The van der Waals surface area contributed by atoms with Crippen LogP contribution in [0, 0.1) is 5.82 Å². The minimum Gasteiger partial charge on any atom is -0.292 e. The number of nitrogen functional groups attached to an aromatic ring is 1. The normalized spacial score (nSPS) is 11.6. The molecule has 1 aromatic carbocycles. The molecule has 0 bridgehead atoms. The summed E-state index contributed by atoms with van der Waals surface area (Å²) in [6, 6.07) is 5.99. The van der Waals surface area contributed by atoms with Gasteiger partial charge in [0.05, 0.1) is 12.4 Å². The van der Waals surface area contributed by atoms with Gasteiger partial charge in [-0.2, -0.15) is 4.31 Å². The molecule has 3 N–H and O–H groups in total. The van der Waals surface area contributed by atoms with E-state index in [4.69, 9.17) is 5.84 Å². The lowest BCUT2D eigenvalue weighted by Crippen LogP contribution is -2.27. The van der Waals surface area contributed by atoms with Crippen LogP contribution in [0.2, 0.25) is 0 Å². The minimum atomic E-state index is -3.81. The van der Waals surface area contributed by atoms with Crippen LogP contribution in [0.3, 0.4) is 0 Å². The Hall–Kier alpha value is -2.10. The summed E-state index contributed by atoms with van der Waals surface area (Å²) in [5, 5.41) is 0. The van der Waals surface area contributed by atoms with Crippen LogP contribution in [-0.4, -0.2) is 29.7 Å². The molecule has 0 aliphatic rings. The van der Waals surface area contributed by atoms with Gasteiger partial charge in [0.25, 0.3) is 0 Å². The first-order valence-electron chi connectivity index (χ1n) is 5.93. The summed E-state index contributed by atoms with van der Waals surface area (Å²) >= 11 is 0. The average Bonchev–Trinajstić information content (AvgIpc) is 2.49. The van der Waals surface area contributed by atoms with E-state index in [0.29, 0.717) is 0 Å². The second-order valence-corrected chi connectivity index (χ2v) is 6.28. The molecular weight excluding hydrogens is 297 g/mol. The van der Waals surface area contributed by atoms with Crippen LogP contribution < -0.4 is 11.3 Å². The molecule has 0 saturated heterocycles. The number of benzene rings is 1. The van der Waals surface area contributed by atoms with Crippen molar-refractivity contribution >= 4 is 16.0 Å². The largest absolute Gasteiger partial charge is 0.292 e. The number of sulfonamides is 1. The van der Waals surface area contributed by atoms with Gasteiger partial charge in [-0.15, -0.1) is 0 Å². The maximum Gasteiger partial charge on any atom is 0.246 e. The van der Waals surface area contributed by atoms with Gasteiger partial charge in [-0.05, 0) is 6.07 Å². The summed E-state index contributed by atoms with van der Waals surface area (Å²) in [5.41, 5.74) is 2.48. The number of hydrogen-bond acceptors (Lipinski definition) is 6. The number of hydrogen-bond donors (Lipinski definition) is 2. The highest BCUT2D eigenvalue weighted by Crippen LogP contribution is 2.17. The Morgan fingerprint density at radius 2 is 1.90 bits per heavy atom. The number of nitrogens with one attached hydrogen (secondary N) is 1. The fraction of sp³-hybridized carbons (Fsp3) is 0.167. The summed E-state index contributed by atoms with van der Waals surface area (Å²) in [7, 11) is -2.45. The van der Waals surface area contributed by atoms with E-state index in [0.717, 1.165) is 16.7 Å². The van der Waals surface area contributed by atoms with E-state index in [1.807, 2.05) is 0 Å². The van der Waals surface area contributed by atoms with E-state index < -0.39 is 15.8 Å². The van der Waals surface area contributed by atoms with Crippen LogP contribution in [0.25, 0.3) is 0 Å². The molecule has 0 aliphatic heterocycles. The number of aromatic nitrogens is 2. The molecule has 0 unspecified atom stereocenters. The Balaban J connectivity index is 2.24. The quantitative estimate of drug-likeness (QED) is 0.623. The second kappa shape index (κ2) is 6.12. The molecule has 112 valence electrons. The molecule has 0 radical (unpaired) electrons. The Morgan fingerprint density at radius 1 is 1.29 bits per heavy atom. The Bertz CT molecular complexity index is 721. The molecule has 0 amide bonds. The molecule has 0 spiro atoms. The van der Waals surface area contributed by atoms with Crippen molar-refractivity contribution in [1.29, 1.82) is 0 Å². The number of nitrogens with zero attached hydrogens (tertiary/aromatic N) is 3.